The molecule has 10 atom stereocenters. The molecule has 0 radical (unpaired) electrons. The van der Waals surface area contributed by atoms with E-state index < -0.39 is 80.6 Å². The van der Waals surface area contributed by atoms with Gasteiger partial charge in [0.1, 0.15) is 42.7 Å². The summed E-state index contributed by atoms with van der Waals surface area (Å²) in [5, 5.41) is 70.2. The minimum atomic E-state index is -1.77. The van der Waals surface area contributed by atoms with E-state index in [1.165, 1.54) is 70.6 Å². The molecule has 0 bridgehead atoms. The monoisotopic (exact) mass is 652 g/mol. The van der Waals surface area contributed by atoms with Crippen LogP contribution in [0.15, 0.2) is 0 Å². The number of carbonyl (C=O) groups is 1. The Labute approximate surface area is 277 Å². The van der Waals surface area contributed by atoms with E-state index in [-0.39, 0.29) is 34.9 Å². The molecule has 14 heteroatoms. The molecule has 0 aromatic carbocycles. The van der Waals surface area contributed by atoms with Gasteiger partial charge in [0.25, 0.3) is 0 Å². The first-order valence-electron chi connectivity index (χ1n) is 16.0. The Bertz CT molecular complexity index is 718. The van der Waals surface area contributed by atoms with Crippen molar-refractivity contribution in [2.75, 3.05) is 13.2 Å². The third-order valence-electron chi connectivity index (χ3n) is 8.21. The predicted molar refractivity (Wildman–Crippen MR) is 164 cm³/mol. The summed E-state index contributed by atoms with van der Waals surface area (Å²) in [6.45, 7) is 0.851. The van der Waals surface area contributed by atoms with Crippen LogP contribution in [0.5, 0.6) is 0 Å². The highest BCUT2D eigenvalue weighted by Gasteiger charge is 2.51. The Morgan fingerprint density at radius 3 is 1.55 bits per heavy atom. The SMILES string of the molecule is CCCCCCCCCCCCCCCCCC(=O)O[C@H]1[C@H](O[C@H]2[C@H](O)[C@@H](O)[C@H](O)O[C@@H]2CO)O[C@H](CO)[C@H](O)[C@@H]1O.O.[MgH2]. The van der Waals surface area contributed by atoms with Crippen molar-refractivity contribution in [3.63, 3.8) is 0 Å². The maximum absolute atomic E-state index is 12.6. The first-order chi connectivity index (χ1) is 20.2. The molecule has 0 aromatic heterocycles. The Hall–Kier alpha value is -0.204. The average Bonchev–Trinajstić information content (AvgIpc) is 2.98. The van der Waals surface area contributed by atoms with Crippen molar-refractivity contribution in [2.24, 2.45) is 0 Å². The molecular weight excluding hydrogens is 593 g/mol. The van der Waals surface area contributed by atoms with Gasteiger partial charge in [-0.3, -0.25) is 4.79 Å². The summed E-state index contributed by atoms with van der Waals surface area (Å²) in [5.74, 6) is -0.643. The smallest absolute Gasteiger partial charge is 0.316 e. The largest absolute Gasteiger partial charge is 0.454 e. The topological polar surface area (TPSA) is 227 Å². The van der Waals surface area contributed by atoms with Gasteiger partial charge in [0.15, 0.2) is 18.7 Å². The number of esters is 1. The lowest BCUT2D eigenvalue weighted by atomic mass is 9.97. The number of aliphatic hydroxyl groups is 7. The molecule has 0 unspecified atom stereocenters. The molecule has 0 amide bonds. The van der Waals surface area contributed by atoms with Gasteiger partial charge in [0, 0.05) is 6.42 Å². The van der Waals surface area contributed by atoms with E-state index in [0.717, 1.165) is 19.3 Å². The van der Waals surface area contributed by atoms with Crippen LogP contribution >= 0.6 is 0 Å². The van der Waals surface area contributed by atoms with Gasteiger partial charge in [-0.05, 0) is 6.42 Å². The fraction of sp³-hybridized carbons (Fsp3) is 0.967. The first-order valence-corrected chi connectivity index (χ1v) is 16.0. The van der Waals surface area contributed by atoms with Crippen molar-refractivity contribution >= 4 is 29.0 Å². The van der Waals surface area contributed by atoms with E-state index in [1.807, 2.05) is 0 Å². The minimum Gasteiger partial charge on any atom is -0.454 e. The number of aliphatic hydroxyl groups excluding tert-OH is 7. The summed E-state index contributed by atoms with van der Waals surface area (Å²) in [6, 6.07) is 0. The highest BCUT2D eigenvalue weighted by Crippen LogP contribution is 2.30. The molecule has 0 aromatic rings. The molecule has 2 aliphatic rings. The van der Waals surface area contributed by atoms with Crippen molar-refractivity contribution < 1.29 is 65.0 Å². The van der Waals surface area contributed by atoms with Gasteiger partial charge in [-0.2, -0.15) is 0 Å². The summed E-state index contributed by atoms with van der Waals surface area (Å²) in [4.78, 5) is 12.6. The Balaban J connectivity index is 0.00000924. The van der Waals surface area contributed by atoms with Gasteiger partial charge < -0.3 is 60.2 Å². The summed E-state index contributed by atoms with van der Waals surface area (Å²) >= 11 is 0. The fourth-order valence-corrected chi connectivity index (χ4v) is 5.53. The average molecular weight is 653 g/mol. The number of ether oxygens (including phenoxy) is 4. The summed E-state index contributed by atoms with van der Waals surface area (Å²) in [5.41, 5.74) is 0. The number of rotatable bonds is 21. The van der Waals surface area contributed by atoms with Gasteiger partial charge in [-0.15, -0.1) is 0 Å². The second-order valence-electron chi connectivity index (χ2n) is 11.7. The number of carbonyl (C=O) groups excluding carboxylic acids is 1. The zero-order valence-electron chi connectivity index (χ0n) is 25.7. The molecule has 9 N–H and O–H groups in total. The van der Waals surface area contributed by atoms with Crippen LogP contribution in [0.4, 0.5) is 0 Å². The standard InChI is InChI=1S/C30H56O12.Mg.H2O.2H/c1-2-3-4-5-6-7-8-9-10-11-12-13-14-15-16-17-22(33)41-28-24(35)23(34)20(18-31)40-30(28)42-27-21(19-32)39-29(38)26(37)25(27)36;;;;/h20-21,23-32,34-38H,2-19H2,1H3;;1H2;;/t20-,21-,23+,24+,25-,26-,27-,28-,29-,30+;;;;/m1..../s1. The van der Waals surface area contributed by atoms with Gasteiger partial charge in [-0.25, -0.2) is 0 Å². The van der Waals surface area contributed by atoms with Crippen molar-refractivity contribution in [3.05, 3.63) is 0 Å². The van der Waals surface area contributed by atoms with Crippen LogP contribution in [0.2, 0.25) is 0 Å². The van der Waals surface area contributed by atoms with E-state index >= 15 is 0 Å². The Morgan fingerprint density at radius 2 is 1.07 bits per heavy atom. The molecule has 2 rings (SSSR count). The minimum absolute atomic E-state index is 0. The van der Waals surface area contributed by atoms with E-state index in [2.05, 4.69) is 6.92 Å². The molecule has 2 saturated heterocycles. The lowest BCUT2D eigenvalue weighted by molar-refractivity contribution is -0.355. The maximum Gasteiger partial charge on any atom is 0.316 e. The Kier molecular flexibility index (Phi) is 24.8. The van der Waals surface area contributed by atoms with Gasteiger partial charge in [0.2, 0.25) is 0 Å². The van der Waals surface area contributed by atoms with E-state index in [0.29, 0.717) is 6.42 Å². The molecule has 0 spiro atoms. The zero-order chi connectivity index (χ0) is 30.9. The van der Waals surface area contributed by atoms with Gasteiger partial charge in [0.05, 0.1) is 13.2 Å². The molecule has 44 heavy (non-hydrogen) atoms. The number of hydrogen-bond acceptors (Lipinski definition) is 12. The molecule has 2 fully saturated rings. The van der Waals surface area contributed by atoms with Crippen molar-refractivity contribution in [1.82, 2.24) is 0 Å². The zero-order valence-corrected chi connectivity index (χ0v) is 25.7. The number of unbranched alkanes of at least 4 members (excludes halogenated alkanes) is 14. The van der Waals surface area contributed by atoms with Crippen LogP contribution in [0.1, 0.15) is 110 Å². The fourth-order valence-electron chi connectivity index (χ4n) is 5.53. The van der Waals surface area contributed by atoms with Crippen LogP contribution in [-0.4, -0.2) is 145 Å². The highest BCUT2D eigenvalue weighted by molar-refractivity contribution is 5.75. The van der Waals surface area contributed by atoms with E-state index in [1.54, 1.807) is 0 Å². The lowest BCUT2D eigenvalue weighted by Crippen LogP contribution is -2.65. The normalized spacial score (nSPS) is 32.0. The van der Waals surface area contributed by atoms with Crippen molar-refractivity contribution in [2.45, 2.75) is 171 Å². The molecule has 260 valence electrons. The molecule has 2 aliphatic heterocycles. The predicted octanol–water partition coefficient (Wildman–Crippen LogP) is -0.326. The second-order valence-corrected chi connectivity index (χ2v) is 11.7. The molecule has 0 saturated carbocycles. The van der Waals surface area contributed by atoms with Crippen LogP contribution < -0.4 is 0 Å². The van der Waals surface area contributed by atoms with Crippen LogP contribution in [-0.2, 0) is 23.7 Å². The molecular formula is C30H60MgO13. The summed E-state index contributed by atoms with van der Waals surface area (Å²) in [6.07, 6.45) is 2.27. The number of hydrogen-bond donors (Lipinski definition) is 7. The maximum atomic E-state index is 12.6. The lowest BCUT2D eigenvalue weighted by Gasteiger charge is -2.46. The summed E-state index contributed by atoms with van der Waals surface area (Å²) < 4.78 is 21.7. The van der Waals surface area contributed by atoms with E-state index in [9.17, 15) is 40.5 Å². The quantitative estimate of drug-likeness (QED) is 0.0481. The first kappa shape index (κ1) is 43.8. The Morgan fingerprint density at radius 1 is 0.614 bits per heavy atom. The third kappa shape index (κ3) is 14.7. The molecule has 0 aliphatic carbocycles. The van der Waals surface area contributed by atoms with Gasteiger partial charge in [-0.1, -0.05) is 96.8 Å². The third-order valence-corrected chi connectivity index (χ3v) is 8.21. The second kappa shape index (κ2) is 24.9. The van der Waals surface area contributed by atoms with Gasteiger partial charge >= 0.3 is 29.0 Å². The highest BCUT2D eigenvalue weighted by atomic mass is 24.3. The van der Waals surface area contributed by atoms with Crippen LogP contribution in [0.3, 0.4) is 0 Å². The summed E-state index contributed by atoms with van der Waals surface area (Å²) in [7, 11) is 0. The van der Waals surface area contributed by atoms with Crippen LogP contribution in [0.25, 0.3) is 0 Å². The van der Waals surface area contributed by atoms with E-state index in [4.69, 9.17) is 18.9 Å². The van der Waals surface area contributed by atoms with Crippen molar-refractivity contribution in [3.8, 4) is 0 Å². The van der Waals surface area contributed by atoms with Crippen LogP contribution in [0, 0.1) is 0 Å². The van der Waals surface area contributed by atoms with Crippen molar-refractivity contribution in [1.29, 1.82) is 0 Å². The molecule has 13 nitrogen and oxygen atoms in total. The molecule has 2 heterocycles.